The minimum atomic E-state index is 0. The van der Waals surface area contributed by atoms with Crippen LogP contribution in [0.3, 0.4) is 0 Å². The van der Waals surface area contributed by atoms with Crippen LogP contribution in [0, 0.1) is 0 Å². The smallest absolute Gasteiger partial charge is 0.191 e. The van der Waals surface area contributed by atoms with Crippen molar-refractivity contribution in [1.29, 1.82) is 0 Å². The highest BCUT2D eigenvalue weighted by atomic mass is 127. The van der Waals surface area contributed by atoms with Gasteiger partial charge in [0.1, 0.15) is 12.2 Å². The van der Waals surface area contributed by atoms with Crippen molar-refractivity contribution in [3.8, 4) is 0 Å². The van der Waals surface area contributed by atoms with Crippen molar-refractivity contribution >= 4 is 29.9 Å². The number of nitrogens with zero attached hydrogens (tertiary/aromatic N) is 5. The number of rotatable bonds is 12. The van der Waals surface area contributed by atoms with Gasteiger partial charge in [-0.2, -0.15) is 0 Å². The molecule has 1 aromatic heterocycles. The second-order valence-electron chi connectivity index (χ2n) is 6.98. The molecule has 0 aliphatic rings. The maximum Gasteiger partial charge on any atom is 0.191 e. The summed E-state index contributed by atoms with van der Waals surface area (Å²) in [4.78, 5) is 7.39. The van der Waals surface area contributed by atoms with E-state index in [9.17, 15) is 0 Å². The second kappa shape index (κ2) is 15.2. The maximum atomic E-state index is 4.93. The molecule has 168 valence electrons. The van der Waals surface area contributed by atoms with Crippen molar-refractivity contribution in [3.05, 3.63) is 48.0 Å². The van der Waals surface area contributed by atoms with Crippen LogP contribution in [0.2, 0.25) is 0 Å². The third-order valence-corrected chi connectivity index (χ3v) is 5.06. The van der Waals surface area contributed by atoms with Gasteiger partial charge in [0.15, 0.2) is 5.96 Å². The zero-order valence-electron chi connectivity index (χ0n) is 18.8. The molecule has 1 aromatic carbocycles. The van der Waals surface area contributed by atoms with Gasteiger partial charge in [0.2, 0.25) is 0 Å². The predicted molar refractivity (Wildman–Crippen MR) is 136 cm³/mol. The van der Waals surface area contributed by atoms with Crippen LogP contribution in [0.1, 0.15) is 51.5 Å². The van der Waals surface area contributed by atoms with E-state index in [1.165, 1.54) is 5.56 Å². The highest BCUT2D eigenvalue weighted by Gasteiger charge is 2.17. The summed E-state index contributed by atoms with van der Waals surface area (Å²) in [6.45, 7) is 13.9. The standard InChI is InChI=1S/C22H37N7.HI/c1-5-14-23-22(24-15-16-29-18-26-27-21(29)6-2)25-17-20(28(7-3)8-4)19-12-10-9-11-13-19;/h9-13,18,20H,5-8,14-17H2,1-4H3,(H2,23,24,25);1H. The fraction of sp³-hybridized carbons (Fsp3) is 0.591. The monoisotopic (exact) mass is 527 g/mol. The van der Waals surface area contributed by atoms with Crippen molar-refractivity contribution in [1.82, 2.24) is 30.3 Å². The third-order valence-electron chi connectivity index (χ3n) is 5.06. The number of hydrogen-bond acceptors (Lipinski definition) is 4. The number of guanidine groups is 1. The number of aliphatic imine (C=N–C) groups is 1. The molecule has 1 heterocycles. The Bertz CT molecular complexity index is 713. The molecular weight excluding hydrogens is 489 g/mol. The molecule has 0 saturated heterocycles. The Morgan fingerprint density at radius 1 is 1.07 bits per heavy atom. The first-order valence-corrected chi connectivity index (χ1v) is 10.9. The number of nitrogens with one attached hydrogen (secondary N) is 2. The summed E-state index contributed by atoms with van der Waals surface area (Å²) >= 11 is 0. The fourth-order valence-corrected chi connectivity index (χ4v) is 3.40. The lowest BCUT2D eigenvalue weighted by atomic mass is 10.1. The number of benzene rings is 1. The molecule has 0 fully saturated rings. The third kappa shape index (κ3) is 8.22. The molecule has 0 radical (unpaired) electrons. The lowest BCUT2D eigenvalue weighted by Crippen LogP contribution is -2.40. The Morgan fingerprint density at radius 2 is 1.77 bits per heavy atom. The highest BCUT2D eigenvalue weighted by molar-refractivity contribution is 14.0. The van der Waals surface area contributed by atoms with E-state index in [0.29, 0.717) is 0 Å². The Labute approximate surface area is 198 Å². The normalized spacial score (nSPS) is 12.5. The molecular formula is C22H38IN7. The van der Waals surface area contributed by atoms with Gasteiger partial charge in [0, 0.05) is 26.1 Å². The van der Waals surface area contributed by atoms with E-state index < -0.39 is 0 Å². The molecule has 2 rings (SSSR count). The molecule has 7 nitrogen and oxygen atoms in total. The topological polar surface area (TPSA) is 70.4 Å². The lowest BCUT2D eigenvalue weighted by Gasteiger charge is -2.29. The summed E-state index contributed by atoms with van der Waals surface area (Å²) in [7, 11) is 0. The Morgan fingerprint density at radius 3 is 2.40 bits per heavy atom. The van der Waals surface area contributed by atoms with Gasteiger partial charge in [-0.15, -0.1) is 34.2 Å². The zero-order valence-corrected chi connectivity index (χ0v) is 21.2. The van der Waals surface area contributed by atoms with E-state index in [-0.39, 0.29) is 30.0 Å². The van der Waals surface area contributed by atoms with Gasteiger partial charge in [-0.1, -0.05) is 58.0 Å². The Hall–Kier alpha value is -1.68. The average Bonchev–Trinajstić information content (AvgIpc) is 3.22. The van der Waals surface area contributed by atoms with Crippen LogP contribution in [-0.2, 0) is 13.0 Å². The van der Waals surface area contributed by atoms with Gasteiger partial charge < -0.3 is 15.2 Å². The van der Waals surface area contributed by atoms with Crippen LogP contribution in [0.5, 0.6) is 0 Å². The summed E-state index contributed by atoms with van der Waals surface area (Å²) < 4.78 is 2.09. The van der Waals surface area contributed by atoms with Crippen LogP contribution >= 0.6 is 24.0 Å². The molecule has 0 spiro atoms. The van der Waals surface area contributed by atoms with Gasteiger partial charge in [0.25, 0.3) is 0 Å². The van der Waals surface area contributed by atoms with Gasteiger partial charge in [-0.25, -0.2) is 0 Å². The first kappa shape index (κ1) is 26.4. The minimum absolute atomic E-state index is 0. The second-order valence-corrected chi connectivity index (χ2v) is 6.98. The molecule has 0 amide bonds. The van der Waals surface area contributed by atoms with Gasteiger partial charge in [0.05, 0.1) is 12.6 Å². The van der Waals surface area contributed by atoms with Crippen LogP contribution in [0.25, 0.3) is 0 Å². The average molecular weight is 527 g/mol. The Kier molecular flexibility index (Phi) is 13.3. The van der Waals surface area contributed by atoms with E-state index >= 15 is 0 Å². The van der Waals surface area contributed by atoms with E-state index in [1.54, 1.807) is 6.33 Å². The number of aromatic nitrogens is 3. The molecule has 30 heavy (non-hydrogen) atoms. The first-order chi connectivity index (χ1) is 14.2. The van der Waals surface area contributed by atoms with Crippen molar-refractivity contribution in [2.24, 2.45) is 4.99 Å². The van der Waals surface area contributed by atoms with E-state index in [2.05, 4.69) is 88.3 Å². The number of aryl methyl sites for hydroxylation is 1. The van der Waals surface area contributed by atoms with E-state index in [4.69, 9.17) is 4.99 Å². The van der Waals surface area contributed by atoms with Crippen molar-refractivity contribution in [2.75, 3.05) is 32.7 Å². The molecule has 0 aliphatic heterocycles. The maximum absolute atomic E-state index is 4.93. The van der Waals surface area contributed by atoms with Crippen LogP contribution in [0.15, 0.2) is 41.7 Å². The van der Waals surface area contributed by atoms with Gasteiger partial charge in [-0.05, 0) is 25.1 Å². The molecule has 8 heteroatoms. The van der Waals surface area contributed by atoms with Crippen molar-refractivity contribution in [2.45, 2.75) is 53.1 Å². The van der Waals surface area contributed by atoms with E-state index in [1.807, 2.05) is 0 Å². The lowest BCUT2D eigenvalue weighted by molar-refractivity contribution is 0.224. The SMILES string of the molecule is CCCNC(=NCC(c1ccccc1)N(CC)CC)NCCn1cnnc1CC.I. The minimum Gasteiger partial charge on any atom is -0.356 e. The zero-order chi connectivity index (χ0) is 20.9. The van der Waals surface area contributed by atoms with Crippen LogP contribution in [-0.4, -0.2) is 58.3 Å². The van der Waals surface area contributed by atoms with Crippen LogP contribution < -0.4 is 10.6 Å². The summed E-state index contributed by atoms with van der Waals surface area (Å²) in [5.41, 5.74) is 1.31. The number of likely N-dealkylation sites (N-methyl/N-ethyl adjacent to an activating group) is 1. The largest absolute Gasteiger partial charge is 0.356 e. The van der Waals surface area contributed by atoms with Gasteiger partial charge in [-0.3, -0.25) is 9.89 Å². The number of halogens is 1. The molecule has 1 unspecified atom stereocenters. The predicted octanol–water partition coefficient (Wildman–Crippen LogP) is 3.49. The first-order valence-electron chi connectivity index (χ1n) is 10.9. The van der Waals surface area contributed by atoms with E-state index in [0.717, 1.165) is 63.9 Å². The fourth-order valence-electron chi connectivity index (χ4n) is 3.40. The molecule has 0 bridgehead atoms. The highest BCUT2D eigenvalue weighted by Crippen LogP contribution is 2.20. The summed E-state index contributed by atoms with van der Waals surface area (Å²) in [5.74, 6) is 1.88. The molecule has 2 aromatic rings. The van der Waals surface area contributed by atoms with Crippen LogP contribution in [0.4, 0.5) is 0 Å². The molecule has 2 N–H and O–H groups in total. The molecule has 1 atom stereocenters. The molecule has 0 aliphatic carbocycles. The van der Waals surface area contributed by atoms with Crippen molar-refractivity contribution in [3.63, 3.8) is 0 Å². The molecule has 0 saturated carbocycles. The van der Waals surface area contributed by atoms with Gasteiger partial charge >= 0.3 is 0 Å². The number of hydrogen-bond donors (Lipinski definition) is 2. The summed E-state index contributed by atoms with van der Waals surface area (Å²) in [6, 6.07) is 10.9. The summed E-state index contributed by atoms with van der Waals surface area (Å²) in [6.07, 6.45) is 3.74. The van der Waals surface area contributed by atoms with Crippen molar-refractivity contribution < 1.29 is 0 Å². The quantitative estimate of drug-likeness (QED) is 0.251. The summed E-state index contributed by atoms with van der Waals surface area (Å²) in [5, 5.41) is 15.1. The Balaban J connectivity index is 0.00000450.